The molecule has 0 aliphatic carbocycles. The topological polar surface area (TPSA) is 64.5 Å². The highest BCUT2D eigenvalue weighted by atomic mass is 16.3. The summed E-state index contributed by atoms with van der Waals surface area (Å²) in [6.45, 7) is 2.17. The number of likely N-dealkylation sites (N-methyl/N-ethyl adjacent to an activating group) is 1. The normalized spacial score (nSPS) is 18.5. The fourth-order valence-corrected chi connectivity index (χ4v) is 2.37. The summed E-state index contributed by atoms with van der Waals surface area (Å²) in [5, 5.41) is 26.2. The van der Waals surface area contributed by atoms with Gasteiger partial charge in [-0.25, -0.2) is 0 Å². The molecular formula is C13H20N2O2. The first kappa shape index (κ1) is 12.5. The van der Waals surface area contributed by atoms with Gasteiger partial charge in [0.15, 0.2) is 0 Å². The van der Waals surface area contributed by atoms with Crippen LogP contribution < -0.4 is 10.6 Å². The van der Waals surface area contributed by atoms with Crippen LogP contribution in [0.25, 0.3) is 0 Å². The van der Waals surface area contributed by atoms with Crippen LogP contribution in [0.5, 0.6) is 0 Å². The van der Waals surface area contributed by atoms with E-state index in [1.54, 1.807) is 7.05 Å². The van der Waals surface area contributed by atoms with Crippen LogP contribution >= 0.6 is 0 Å². The molecule has 1 aromatic rings. The van der Waals surface area contributed by atoms with Crippen LogP contribution in [-0.2, 0) is 13.0 Å². The van der Waals surface area contributed by atoms with Crippen molar-refractivity contribution < 1.29 is 10.2 Å². The molecule has 4 heteroatoms. The molecule has 1 aliphatic rings. The molecule has 1 heterocycles. The van der Waals surface area contributed by atoms with Crippen molar-refractivity contribution in [3.63, 3.8) is 0 Å². The first-order chi connectivity index (χ1) is 8.24. The summed E-state index contributed by atoms with van der Waals surface area (Å²) in [5.74, 6) is 0. The van der Waals surface area contributed by atoms with Crippen LogP contribution in [0.4, 0.5) is 0 Å². The van der Waals surface area contributed by atoms with Gasteiger partial charge in [-0.2, -0.15) is 0 Å². The molecule has 0 amide bonds. The second kappa shape index (κ2) is 5.60. The van der Waals surface area contributed by atoms with Crippen LogP contribution in [0, 0.1) is 0 Å². The lowest BCUT2D eigenvalue weighted by Crippen LogP contribution is -2.31. The fourth-order valence-electron chi connectivity index (χ4n) is 2.37. The highest BCUT2D eigenvalue weighted by Crippen LogP contribution is 2.26. The molecule has 0 saturated carbocycles. The third-order valence-corrected chi connectivity index (χ3v) is 3.27. The van der Waals surface area contributed by atoms with Crippen molar-refractivity contribution >= 4 is 0 Å². The molecule has 0 aromatic heterocycles. The van der Waals surface area contributed by atoms with E-state index in [2.05, 4.69) is 16.7 Å². The van der Waals surface area contributed by atoms with Crippen LogP contribution in [0.15, 0.2) is 18.2 Å². The first-order valence-corrected chi connectivity index (χ1v) is 6.06. The molecule has 2 unspecified atom stereocenters. The largest absolute Gasteiger partial charge is 0.389 e. The molecule has 0 fully saturated rings. The van der Waals surface area contributed by atoms with Gasteiger partial charge in [0.05, 0.1) is 6.10 Å². The predicted molar refractivity (Wildman–Crippen MR) is 66.7 cm³/mol. The van der Waals surface area contributed by atoms with E-state index in [0.29, 0.717) is 6.54 Å². The van der Waals surface area contributed by atoms with Gasteiger partial charge in [-0.1, -0.05) is 18.2 Å². The zero-order chi connectivity index (χ0) is 12.3. The maximum atomic E-state index is 10.2. The van der Waals surface area contributed by atoms with Crippen LogP contribution in [0.1, 0.15) is 22.8 Å². The Morgan fingerprint density at radius 2 is 2.24 bits per heavy atom. The minimum Gasteiger partial charge on any atom is -0.389 e. The highest BCUT2D eigenvalue weighted by Gasteiger charge is 2.22. The zero-order valence-corrected chi connectivity index (χ0v) is 10.1. The van der Waals surface area contributed by atoms with Crippen molar-refractivity contribution in [2.45, 2.75) is 25.2 Å². The molecule has 1 aliphatic heterocycles. The molecule has 1 aromatic carbocycles. The number of hydrogen-bond acceptors (Lipinski definition) is 4. The molecule has 0 spiro atoms. The Bertz CT molecular complexity index is 382. The van der Waals surface area contributed by atoms with Gasteiger partial charge in [-0.3, -0.25) is 0 Å². The van der Waals surface area contributed by atoms with Crippen LogP contribution in [0.3, 0.4) is 0 Å². The number of hydrogen-bond donors (Lipinski definition) is 4. The average Bonchev–Trinajstić information content (AvgIpc) is 2.37. The SMILES string of the molecule is CNCC(O)C(O)c1cccc2c1CCNC2. The Morgan fingerprint density at radius 1 is 1.41 bits per heavy atom. The second-order valence-electron chi connectivity index (χ2n) is 4.48. The number of benzene rings is 1. The van der Waals surface area contributed by atoms with Crippen molar-refractivity contribution in [3.05, 3.63) is 34.9 Å². The number of aliphatic hydroxyl groups excluding tert-OH is 2. The van der Waals surface area contributed by atoms with Crippen molar-refractivity contribution in [1.29, 1.82) is 0 Å². The van der Waals surface area contributed by atoms with Gasteiger partial charge in [0.2, 0.25) is 0 Å². The van der Waals surface area contributed by atoms with Gasteiger partial charge in [0.1, 0.15) is 6.10 Å². The maximum absolute atomic E-state index is 10.2. The summed E-state index contributed by atoms with van der Waals surface area (Å²) in [6, 6.07) is 5.92. The number of nitrogens with one attached hydrogen (secondary N) is 2. The lowest BCUT2D eigenvalue weighted by Gasteiger charge is -2.25. The molecule has 0 saturated heterocycles. The predicted octanol–water partition coefficient (Wildman–Crippen LogP) is -0.0540. The van der Waals surface area contributed by atoms with Gasteiger partial charge in [-0.15, -0.1) is 0 Å². The van der Waals surface area contributed by atoms with E-state index < -0.39 is 12.2 Å². The molecule has 4 N–H and O–H groups in total. The number of aliphatic hydroxyl groups is 2. The lowest BCUT2D eigenvalue weighted by molar-refractivity contribution is 0.0196. The standard InChI is InChI=1S/C13H20N2O2/c1-14-8-12(16)13(17)11-4-2-3-9-7-15-6-5-10(9)11/h2-4,12-17H,5-8H2,1H3. The summed E-state index contributed by atoms with van der Waals surface area (Å²) in [7, 11) is 1.76. The van der Waals surface area contributed by atoms with E-state index in [-0.39, 0.29) is 0 Å². The average molecular weight is 236 g/mol. The minimum atomic E-state index is -0.810. The van der Waals surface area contributed by atoms with Crippen molar-refractivity contribution in [3.8, 4) is 0 Å². The number of fused-ring (bicyclic) bond motifs is 1. The fraction of sp³-hybridized carbons (Fsp3) is 0.538. The Labute approximate surface area is 102 Å². The summed E-state index contributed by atoms with van der Waals surface area (Å²) in [4.78, 5) is 0. The van der Waals surface area contributed by atoms with Gasteiger partial charge in [-0.05, 0) is 36.7 Å². The summed E-state index contributed by atoms with van der Waals surface area (Å²) in [6.07, 6.45) is -0.661. The van der Waals surface area contributed by atoms with E-state index in [0.717, 1.165) is 25.1 Å². The van der Waals surface area contributed by atoms with E-state index >= 15 is 0 Å². The Morgan fingerprint density at radius 3 is 3.00 bits per heavy atom. The smallest absolute Gasteiger partial charge is 0.106 e. The first-order valence-electron chi connectivity index (χ1n) is 6.06. The monoisotopic (exact) mass is 236 g/mol. The Kier molecular flexibility index (Phi) is 4.12. The van der Waals surface area contributed by atoms with Crippen LogP contribution in [-0.4, -0.2) is 36.5 Å². The van der Waals surface area contributed by atoms with E-state index in [4.69, 9.17) is 0 Å². The molecular weight excluding hydrogens is 216 g/mol. The summed E-state index contributed by atoms with van der Waals surface area (Å²) < 4.78 is 0. The van der Waals surface area contributed by atoms with Crippen LogP contribution in [0.2, 0.25) is 0 Å². The van der Waals surface area contributed by atoms with Crippen molar-refractivity contribution in [2.75, 3.05) is 20.1 Å². The Hall–Kier alpha value is -0.940. The maximum Gasteiger partial charge on any atom is 0.106 e. The summed E-state index contributed by atoms with van der Waals surface area (Å²) in [5.41, 5.74) is 3.28. The van der Waals surface area contributed by atoms with E-state index in [1.165, 1.54) is 11.1 Å². The zero-order valence-electron chi connectivity index (χ0n) is 10.1. The van der Waals surface area contributed by atoms with E-state index in [9.17, 15) is 10.2 Å². The Balaban J connectivity index is 2.25. The second-order valence-corrected chi connectivity index (χ2v) is 4.48. The highest BCUT2D eigenvalue weighted by molar-refractivity contribution is 5.38. The lowest BCUT2D eigenvalue weighted by atomic mass is 9.91. The molecule has 0 radical (unpaired) electrons. The molecule has 0 bridgehead atoms. The van der Waals surface area contributed by atoms with Crippen molar-refractivity contribution in [1.82, 2.24) is 10.6 Å². The quantitative estimate of drug-likeness (QED) is 0.592. The van der Waals surface area contributed by atoms with Gasteiger partial charge < -0.3 is 20.8 Å². The summed E-state index contributed by atoms with van der Waals surface area (Å²) >= 11 is 0. The molecule has 2 atom stereocenters. The molecule has 4 nitrogen and oxygen atoms in total. The van der Waals surface area contributed by atoms with Crippen molar-refractivity contribution in [2.24, 2.45) is 0 Å². The molecule has 94 valence electrons. The third kappa shape index (κ3) is 2.66. The minimum absolute atomic E-state index is 0.392. The third-order valence-electron chi connectivity index (χ3n) is 3.27. The number of rotatable bonds is 4. The molecule has 2 rings (SSSR count). The van der Waals surface area contributed by atoms with Gasteiger partial charge >= 0.3 is 0 Å². The molecule has 17 heavy (non-hydrogen) atoms. The van der Waals surface area contributed by atoms with Gasteiger partial charge in [0, 0.05) is 13.1 Å². The van der Waals surface area contributed by atoms with E-state index in [1.807, 2.05) is 12.1 Å². The van der Waals surface area contributed by atoms with Gasteiger partial charge in [0.25, 0.3) is 0 Å².